The minimum atomic E-state index is -0.112. The number of hydrogen-bond acceptors (Lipinski definition) is 4. The normalized spacial score (nSPS) is 11.2. The van der Waals surface area contributed by atoms with Gasteiger partial charge in [-0.1, -0.05) is 20.4 Å². The Morgan fingerprint density at radius 1 is 1.46 bits per heavy atom. The third kappa shape index (κ3) is 3.75. The van der Waals surface area contributed by atoms with Crippen LogP contribution in [0.15, 0.2) is 24.2 Å². The molecule has 0 amide bonds. The Balaban J connectivity index is 4.38. The lowest BCUT2D eigenvalue weighted by Crippen LogP contribution is -2.26. The second-order valence-corrected chi connectivity index (χ2v) is 2.69. The van der Waals surface area contributed by atoms with Gasteiger partial charge in [0.1, 0.15) is 0 Å². The van der Waals surface area contributed by atoms with Gasteiger partial charge in [-0.25, -0.2) is 5.84 Å². The summed E-state index contributed by atoms with van der Waals surface area (Å²) in [5.74, 6) is 5.43. The van der Waals surface area contributed by atoms with E-state index in [0.29, 0.717) is 12.1 Å². The molecule has 0 aromatic rings. The van der Waals surface area contributed by atoms with Crippen molar-refractivity contribution in [1.82, 2.24) is 5.01 Å². The molecule has 0 aliphatic carbocycles. The SMILES string of the molecule is C=C(CC)N(N)/C=C(\N)C(=O)CC. The minimum Gasteiger partial charge on any atom is -0.395 e. The summed E-state index contributed by atoms with van der Waals surface area (Å²) in [6.07, 6.45) is 2.51. The van der Waals surface area contributed by atoms with Crippen molar-refractivity contribution in [3.63, 3.8) is 0 Å². The van der Waals surface area contributed by atoms with Crippen LogP contribution >= 0.6 is 0 Å². The van der Waals surface area contributed by atoms with E-state index in [1.807, 2.05) is 6.92 Å². The van der Waals surface area contributed by atoms with Gasteiger partial charge in [0.2, 0.25) is 0 Å². The summed E-state index contributed by atoms with van der Waals surface area (Å²) in [5.41, 5.74) is 6.35. The molecule has 0 atom stereocenters. The molecular weight excluding hydrogens is 166 g/mol. The van der Waals surface area contributed by atoms with Crippen molar-refractivity contribution < 1.29 is 4.79 Å². The Kier molecular flexibility index (Phi) is 4.84. The van der Waals surface area contributed by atoms with Crippen LogP contribution in [-0.2, 0) is 4.79 Å². The molecule has 0 rings (SSSR count). The van der Waals surface area contributed by atoms with Crippen LogP contribution in [0.5, 0.6) is 0 Å². The van der Waals surface area contributed by atoms with E-state index in [1.54, 1.807) is 6.92 Å². The van der Waals surface area contributed by atoms with Gasteiger partial charge in [0.15, 0.2) is 5.78 Å². The second-order valence-electron chi connectivity index (χ2n) is 2.69. The van der Waals surface area contributed by atoms with E-state index in [2.05, 4.69) is 6.58 Å². The molecule has 0 aromatic carbocycles. The van der Waals surface area contributed by atoms with Crippen LogP contribution in [0.2, 0.25) is 0 Å². The Morgan fingerprint density at radius 3 is 2.38 bits per heavy atom. The zero-order valence-electron chi connectivity index (χ0n) is 8.21. The number of nitrogens with zero attached hydrogens (tertiary/aromatic N) is 1. The van der Waals surface area contributed by atoms with E-state index in [9.17, 15) is 4.79 Å². The van der Waals surface area contributed by atoms with Gasteiger partial charge in [-0.15, -0.1) is 0 Å². The summed E-state index contributed by atoms with van der Waals surface area (Å²) >= 11 is 0. The average molecular weight is 183 g/mol. The number of hydrazine groups is 1. The number of nitrogens with two attached hydrogens (primary N) is 2. The van der Waals surface area contributed by atoms with Crippen LogP contribution in [0.1, 0.15) is 26.7 Å². The Hall–Kier alpha value is -1.29. The molecule has 4 N–H and O–H groups in total. The molecule has 0 aromatic heterocycles. The second kappa shape index (κ2) is 5.37. The van der Waals surface area contributed by atoms with Gasteiger partial charge in [0.05, 0.1) is 5.70 Å². The highest BCUT2D eigenvalue weighted by molar-refractivity contribution is 5.93. The maximum atomic E-state index is 11.1. The summed E-state index contributed by atoms with van der Waals surface area (Å²) in [5, 5.41) is 1.28. The first-order valence-corrected chi connectivity index (χ1v) is 4.25. The molecule has 0 saturated carbocycles. The van der Waals surface area contributed by atoms with E-state index in [-0.39, 0.29) is 11.5 Å². The van der Waals surface area contributed by atoms with Crippen molar-refractivity contribution in [1.29, 1.82) is 0 Å². The van der Waals surface area contributed by atoms with Crippen LogP contribution in [0.3, 0.4) is 0 Å². The smallest absolute Gasteiger partial charge is 0.179 e. The molecule has 0 radical (unpaired) electrons. The van der Waals surface area contributed by atoms with Gasteiger partial charge >= 0.3 is 0 Å². The molecule has 0 aliphatic heterocycles. The molecule has 4 nitrogen and oxygen atoms in total. The fourth-order valence-electron chi connectivity index (χ4n) is 0.700. The van der Waals surface area contributed by atoms with E-state index >= 15 is 0 Å². The van der Waals surface area contributed by atoms with Crippen molar-refractivity contribution >= 4 is 5.78 Å². The molecule has 0 heterocycles. The molecule has 0 unspecified atom stereocenters. The van der Waals surface area contributed by atoms with Crippen LogP contribution in [-0.4, -0.2) is 10.8 Å². The third-order valence-electron chi connectivity index (χ3n) is 1.69. The molecule has 0 aliphatic rings. The minimum absolute atomic E-state index is 0.112. The number of allylic oxidation sites excluding steroid dienone is 2. The summed E-state index contributed by atoms with van der Waals surface area (Å²) in [6.45, 7) is 7.37. The number of hydrogen-bond donors (Lipinski definition) is 2. The molecule has 4 heteroatoms. The molecule has 0 bridgehead atoms. The lowest BCUT2D eigenvalue weighted by Gasteiger charge is -2.15. The molecule has 74 valence electrons. The zero-order valence-corrected chi connectivity index (χ0v) is 8.21. The molecule has 0 saturated heterocycles. The van der Waals surface area contributed by atoms with Crippen molar-refractivity contribution in [2.24, 2.45) is 11.6 Å². The first kappa shape index (κ1) is 11.7. The predicted octanol–water partition coefficient (Wildman–Crippen LogP) is 0.865. The first-order valence-electron chi connectivity index (χ1n) is 4.25. The van der Waals surface area contributed by atoms with Crippen molar-refractivity contribution in [2.45, 2.75) is 26.7 Å². The summed E-state index contributed by atoms with van der Waals surface area (Å²) < 4.78 is 0. The largest absolute Gasteiger partial charge is 0.395 e. The number of carbonyl (C=O) groups excluding carboxylic acids is 1. The van der Waals surface area contributed by atoms with Crippen LogP contribution in [0.25, 0.3) is 0 Å². The predicted molar refractivity (Wildman–Crippen MR) is 53.0 cm³/mol. The molecule has 13 heavy (non-hydrogen) atoms. The Morgan fingerprint density at radius 2 is 2.00 bits per heavy atom. The standard InChI is InChI=1S/C9H17N3O/c1-4-7(3)12(11)6-8(10)9(13)5-2/h6H,3-5,10-11H2,1-2H3/b8-6-. The quantitative estimate of drug-likeness (QED) is 0.377. The van der Waals surface area contributed by atoms with E-state index in [4.69, 9.17) is 11.6 Å². The van der Waals surface area contributed by atoms with E-state index < -0.39 is 0 Å². The highest BCUT2D eigenvalue weighted by Crippen LogP contribution is 2.02. The molecule has 0 fully saturated rings. The third-order valence-corrected chi connectivity index (χ3v) is 1.69. The zero-order chi connectivity index (χ0) is 10.4. The molecule has 0 spiro atoms. The average Bonchev–Trinajstić information content (AvgIpc) is 2.14. The van der Waals surface area contributed by atoms with Gasteiger partial charge in [-0.3, -0.25) is 9.80 Å². The first-order chi connectivity index (χ1) is 6.02. The van der Waals surface area contributed by atoms with Gasteiger partial charge in [0.25, 0.3) is 0 Å². The fourth-order valence-corrected chi connectivity index (χ4v) is 0.700. The van der Waals surface area contributed by atoms with Gasteiger partial charge < -0.3 is 5.73 Å². The number of ketones is 1. The Bertz CT molecular complexity index is 233. The lowest BCUT2D eigenvalue weighted by molar-refractivity contribution is -0.115. The van der Waals surface area contributed by atoms with Crippen molar-refractivity contribution in [3.8, 4) is 0 Å². The Labute approximate surface area is 78.9 Å². The van der Waals surface area contributed by atoms with Crippen molar-refractivity contribution in [2.75, 3.05) is 0 Å². The fraction of sp³-hybridized carbons (Fsp3) is 0.444. The lowest BCUT2D eigenvalue weighted by atomic mass is 10.2. The topological polar surface area (TPSA) is 72.3 Å². The number of rotatable bonds is 5. The summed E-state index contributed by atoms with van der Waals surface area (Å²) in [4.78, 5) is 11.1. The summed E-state index contributed by atoms with van der Waals surface area (Å²) in [6, 6.07) is 0. The van der Waals surface area contributed by atoms with Gasteiger partial charge in [-0.05, 0) is 6.42 Å². The number of carbonyl (C=O) groups is 1. The summed E-state index contributed by atoms with van der Waals surface area (Å²) in [7, 11) is 0. The molecular formula is C9H17N3O. The van der Waals surface area contributed by atoms with E-state index in [1.165, 1.54) is 11.2 Å². The van der Waals surface area contributed by atoms with E-state index in [0.717, 1.165) is 6.42 Å². The maximum absolute atomic E-state index is 11.1. The van der Waals surface area contributed by atoms with Crippen molar-refractivity contribution in [3.05, 3.63) is 24.2 Å². The van der Waals surface area contributed by atoms with Gasteiger partial charge in [0, 0.05) is 18.3 Å². The highest BCUT2D eigenvalue weighted by atomic mass is 16.1. The van der Waals surface area contributed by atoms with Gasteiger partial charge in [-0.2, -0.15) is 0 Å². The van der Waals surface area contributed by atoms with Crippen LogP contribution in [0.4, 0.5) is 0 Å². The number of Topliss-reactive ketones (excluding diaryl/α,β-unsaturated/α-hetero) is 1. The monoisotopic (exact) mass is 183 g/mol. The van der Waals surface area contributed by atoms with Crippen LogP contribution < -0.4 is 11.6 Å². The highest BCUT2D eigenvalue weighted by Gasteiger charge is 2.04. The maximum Gasteiger partial charge on any atom is 0.179 e. The van der Waals surface area contributed by atoms with Crippen LogP contribution in [0, 0.1) is 0 Å².